The summed E-state index contributed by atoms with van der Waals surface area (Å²) in [7, 11) is 0. The Morgan fingerprint density at radius 3 is 2.86 bits per heavy atom. The summed E-state index contributed by atoms with van der Waals surface area (Å²) in [4.78, 5) is 28.2. The Hall–Kier alpha value is -2.70. The van der Waals surface area contributed by atoms with E-state index in [1.165, 1.54) is 4.57 Å². The van der Waals surface area contributed by atoms with Crippen molar-refractivity contribution in [3.63, 3.8) is 0 Å². The number of hydrogen-bond acceptors (Lipinski definition) is 3. The van der Waals surface area contributed by atoms with Crippen molar-refractivity contribution in [1.82, 2.24) is 14.9 Å². The number of fused-ring (bicyclic) bond motifs is 1. The highest BCUT2D eigenvalue weighted by Gasteiger charge is 2.13. The molecule has 3 aromatic rings. The number of nitrogens with one attached hydrogen (secondary N) is 2. The normalized spacial score (nSPS) is 11.9. The van der Waals surface area contributed by atoms with Crippen LogP contribution >= 0.6 is 23.8 Å². The topological polar surface area (TPSA) is 66.9 Å². The third-order valence-electron chi connectivity index (χ3n) is 4.36. The number of aromatic amines is 1. The lowest BCUT2D eigenvalue weighted by Gasteiger charge is -2.14. The van der Waals surface area contributed by atoms with E-state index in [1.54, 1.807) is 24.3 Å². The quantitative estimate of drug-likeness (QED) is 0.468. The molecular formula is C21H20ClN3O2S. The molecule has 0 aliphatic rings. The summed E-state index contributed by atoms with van der Waals surface area (Å²) < 4.78 is 1.72. The SMILES string of the molecule is C=CCn1c(=S)[nH]c2cc(C(=O)NC(C)Cc3cccc(Cl)c3)ccc2c1=O. The second kappa shape index (κ2) is 8.54. The molecule has 0 saturated carbocycles. The van der Waals surface area contributed by atoms with Crippen LogP contribution in [0.1, 0.15) is 22.8 Å². The fraction of sp³-hybridized carbons (Fsp3) is 0.190. The Kier molecular flexibility index (Phi) is 6.11. The van der Waals surface area contributed by atoms with Crippen molar-refractivity contribution in [3.05, 3.63) is 86.4 Å². The van der Waals surface area contributed by atoms with Crippen molar-refractivity contribution in [1.29, 1.82) is 0 Å². The van der Waals surface area contributed by atoms with Gasteiger partial charge in [0.2, 0.25) is 0 Å². The maximum Gasteiger partial charge on any atom is 0.262 e. The van der Waals surface area contributed by atoms with Crippen molar-refractivity contribution >= 4 is 40.6 Å². The number of amides is 1. The van der Waals surface area contributed by atoms with Gasteiger partial charge in [0.1, 0.15) is 0 Å². The summed E-state index contributed by atoms with van der Waals surface area (Å²) >= 11 is 11.3. The number of allylic oxidation sites excluding steroid dienone is 1. The van der Waals surface area contributed by atoms with E-state index in [2.05, 4.69) is 16.9 Å². The molecule has 0 saturated heterocycles. The fourth-order valence-corrected chi connectivity index (χ4v) is 3.55. The first-order chi connectivity index (χ1) is 13.4. The van der Waals surface area contributed by atoms with Crippen LogP contribution < -0.4 is 10.9 Å². The van der Waals surface area contributed by atoms with E-state index in [9.17, 15) is 9.59 Å². The number of H-pyrrole nitrogens is 1. The van der Waals surface area contributed by atoms with Gasteiger partial charge < -0.3 is 10.3 Å². The highest BCUT2D eigenvalue weighted by molar-refractivity contribution is 7.71. The predicted molar refractivity (Wildman–Crippen MR) is 116 cm³/mol. The molecule has 1 amide bonds. The zero-order valence-electron chi connectivity index (χ0n) is 15.4. The minimum Gasteiger partial charge on any atom is -0.349 e. The first-order valence-electron chi connectivity index (χ1n) is 8.82. The number of rotatable bonds is 6. The highest BCUT2D eigenvalue weighted by atomic mass is 35.5. The van der Waals surface area contributed by atoms with E-state index in [0.717, 1.165) is 5.56 Å². The van der Waals surface area contributed by atoms with Gasteiger partial charge in [-0.1, -0.05) is 29.8 Å². The minimum absolute atomic E-state index is 0.0826. The molecular weight excluding hydrogens is 394 g/mol. The molecule has 2 N–H and O–H groups in total. The summed E-state index contributed by atoms with van der Waals surface area (Å²) in [6, 6.07) is 12.4. The second-order valence-electron chi connectivity index (χ2n) is 6.60. The van der Waals surface area contributed by atoms with Gasteiger partial charge in [-0.3, -0.25) is 14.2 Å². The van der Waals surface area contributed by atoms with Gasteiger partial charge in [0, 0.05) is 23.2 Å². The molecule has 28 heavy (non-hydrogen) atoms. The van der Waals surface area contributed by atoms with E-state index in [4.69, 9.17) is 23.8 Å². The molecule has 0 fully saturated rings. The van der Waals surface area contributed by atoms with Gasteiger partial charge in [-0.15, -0.1) is 6.58 Å². The van der Waals surface area contributed by atoms with Crippen LogP contribution in [0.4, 0.5) is 0 Å². The Balaban J connectivity index is 1.82. The predicted octanol–water partition coefficient (Wildman–Crippen LogP) is 4.26. The zero-order valence-corrected chi connectivity index (χ0v) is 16.9. The molecule has 1 aromatic heterocycles. The van der Waals surface area contributed by atoms with Crippen molar-refractivity contribution in [2.75, 3.05) is 0 Å². The number of carbonyl (C=O) groups is 1. The monoisotopic (exact) mass is 413 g/mol. The van der Waals surface area contributed by atoms with Crippen LogP contribution in [0.25, 0.3) is 10.9 Å². The van der Waals surface area contributed by atoms with Crippen LogP contribution in [0.2, 0.25) is 5.02 Å². The smallest absolute Gasteiger partial charge is 0.262 e. The maximum absolute atomic E-state index is 12.6. The summed E-state index contributed by atoms with van der Waals surface area (Å²) in [6.07, 6.45) is 2.27. The van der Waals surface area contributed by atoms with Crippen LogP contribution in [0.15, 0.2) is 59.9 Å². The minimum atomic E-state index is -0.217. The van der Waals surface area contributed by atoms with Gasteiger partial charge in [0.25, 0.3) is 11.5 Å². The molecule has 5 nitrogen and oxygen atoms in total. The zero-order chi connectivity index (χ0) is 20.3. The number of carbonyl (C=O) groups excluding carboxylic acids is 1. The number of nitrogens with zero attached hydrogens (tertiary/aromatic N) is 1. The molecule has 1 atom stereocenters. The third kappa shape index (κ3) is 4.40. The number of hydrogen-bond donors (Lipinski definition) is 2. The van der Waals surface area contributed by atoms with Gasteiger partial charge in [-0.25, -0.2) is 0 Å². The summed E-state index contributed by atoms with van der Waals surface area (Å²) in [5.74, 6) is -0.217. The Morgan fingerprint density at radius 2 is 2.14 bits per heavy atom. The first kappa shape index (κ1) is 20.0. The average molecular weight is 414 g/mol. The Bertz CT molecular complexity index is 1170. The van der Waals surface area contributed by atoms with Gasteiger partial charge in [-0.05, 0) is 61.5 Å². The van der Waals surface area contributed by atoms with E-state index in [-0.39, 0.29) is 17.5 Å². The molecule has 1 unspecified atom stereocenters. The maximum atomic E-state index is 12.6. The lowest BCUT2D eigenvalue weighted by molar-refractivity contribution is 0.0940. The fourth-order valence-electron chi connectivity index (χ4n) is 3.07. The van der Waals surface area contributed by atoms with Crippen LogP contribution in [0.5, 0.6) is 0 Å². The molecule has 0 aliphatic heterocycles. The van der Waals surface area contributed by atoms with Crippen molar-refractivity contribution in [3.8, 4) is 0 Å². The standard InChI is InChI=1S/C21H20ClN3O2S/c1-3-9-25-20(27)17-8-7-15(12-18(17)24-21(25)28)19(26)23-13(2)10-14-5-4-6-16(22)11-14/h3-8,11-13H,1,9-10H2,2H3,(H,23,26)(H,24,28). The summed E-state index contributed by atoms with van der Waals surface area (Å²) in [6.45, 7) is 5.90. The lowest BCUT2D eigenvalue weighted by atomic mass is 10.1. The second-order valence-corrected chi connectivity index (χ2v) is 7.43. The molecule has 144 valence electrons. The molecule has 2 aromatic carbocycles. The highest BCUT2D eigenvalue weighted by Crippen LogP contribution is 2.14. The lowest BCUT2D eigenvalue weighted by Crippen LogP contribution is -2.34. The third-order valence-corrected chi connectivity index (χ3v) is 4.92. The van der Waals surface area contributed by atoms with Gasteiger partial charge in [-0.2, -0.15) is 0 Å². The van der Waals surface area contributed by atoms with Gasteiger partial charge in [0.05, 0.1) is 10.9 Å². The largest absolute Gasteiger partial charge is 0.349 e. The molecule has 0 radical (unpaired) electrons. The molecule has 3 rings (SSSR count). The molecule has 0 spiro atoms. The van der Waals surface area contributed by atoms with E-state index < -0.39 is 0 Å². The number of halogens is 1. The van der Waals surface area contributed by atoms with Gasteiger partial charge >= 0.3 is 0 Å². The van der Waals surface area contributed by atoms with E-state index in [1.807, 2.05) is 31.2 Å². The number of benzene rings is 2. The van der Waals surface area contributed by atoms with Crippen LogP contribution in [0.3, 0.4) is 0 Å². The van der Waals surface area contributed by atoms with Crippen LogP contribution in [-0.4, -0.2) is 21.5 Å². The Labute approximate surface area is 172 Å². The van der Waals surface area contributed by atoms with Crippen molar-refractivity contribution < 1.29 is 4.79 Å². The molecule has 1 heterocycles. The van der Waals surface area contributed by atoms with Crippen molar-refractivity contribution in [2.24, 2.45) is 0 Å². The average Bonchev–Trinajstić information content (AvgIpc) is 2.64. The van der Waals surface area contributed by atoms with Crippen LogP contribution in [-0.2, 0) is 13.0 Å². The van der Waals surface area contributed by atoms with Crippen molar-refractivity contribution in [2.45, 2.75) is 25.9 Å². The molecule has 0 bridgehead atoms. The van der Waals surface area contributed by atoms with E-state index >= 15 is 0 Å². The van der Waals surface area contributed by atoms with Gasteiger partial charge in [0.15, 0.2) is 4.77 Å². The summed E-state index contributed by atoms with van der Waals surface area (Å²) in [5, 5.41) is 4.11. The van der Waals surface area contributed by atoms with E-state index in [0.29, 0.717) is 39.2 Å². The first-order valence-corrected chi connectivity index (χ1v) is 9.60. The number of aromatic nitrogens is 2. The summed E-state index contributed by atoms with van der Waals surface area (Å²) in [5.41, 5.74) is 1.83. The molecule has 0 aliphatic carbocycles. The Morgan fingerprint density at radius 1 is 1.36 bits per heavy atom. The molecule has 7 heteroatoms. The van der Waals surface area contributed by atoms with Crippen LogP contribution in [0, 0.1) is 4.77 Å².